The lowest BCUT2D eigenvalue weighted by molar-refractivity contribution is 0.0685. The van der Waals surface area contributed by atoms with Gasteiger partial charge in [0.1, 0.15) is 6.17 Å². The molecule has 0 fully saturated rings. The van der Waals surface area contributed by atoms with E-state index in [0.29, 0.717) is 6.54 Å². The second-order valence-electron chi connectivity index (χ2n) is 7.43. The van der Waals surface area contributed by atoms with Crippen LogP contribution < -0.4 is 5.32 Å². The zero-order valence-corrected chi connectivity index (χ0v) is 16.1. The van der Waals surface area contributed by atoms with Crippen LogP contribution in [-0.4, -0.2) is 17.4 Å². The monoisotopic (exact) mass is 378 g/mol. The average molecular weight is 378 g/mol. The van der Waals surface area contributed by atoms with Crippen LogP contribution in [0.25, 0.3) is 10.8 Å². The van der Waals surface area contributed by atoms with Crippen LogP contribution in [0, 0.1) is 0 Å². The van der Waals surface area contributed by atoms with Gasteiger partial charge in [-0.1, -0.05) is 78.9 Å². The molecule has 1 N–H and O–H groups in total. The van der Waals surface area contributed by atoms with Crippen LogP contribution in [-0.2, 0) is 6.42 Å². The van der Waals surface area contributed by atoms with E-state index in [1.165, 1.54) is 16.3 Å². The molecule has 0 bridgehead atoms. The smallest absolute Gasteiger partial charge is 0.257 e. The molecule has 4 aromatic carbocycles. The van der Waals surface area contributed by atoms with Gasteiger partial charge in [0.25, 0.3) is 5.91 Å². The molecule has 4 aromatic rings. The quantitative estimate of drug-likeness (QED) is 0.498. The Morgan fingerprint density at radius 1 is 0.759 bits per heavy atom. The molecule has 3 nitrogen and oxygen atoms in total. The summed E-state index contributed by atoms with van der Waals surface area (Å²) in [6, 6.07) is 32.9. The molecule has 142 valence electrons. The van der Waals surface area contributed by atoms with Gasteiger partial charge in [-0.2, -0.15) is 0 Å². The largest absolute Gasteiger partial charge is 0.361 e. The maximum absolute atomic E-state index is 13.4. The van der Waals surface area contributed by atoms with E-state index in [1.807, 2.05) is 59.5 Å². The maximum Gasteiger partial charge on any atom is 0.257 e. The molecule has 0 spiro atoms. The molecule has 3 heteroatoms. The van der Waals surface area contributed by atoms with E-state index in [2.05, 4.69) is 47.8 Å². The molecule has 1 aliphatic heterocycles. The second-order valence-corrected chi connectivity index (χ2v) is 7.43. The Morgan fingerprint density at radius 2 is 1.48 bits per heavy atom. The van der Waals surface area contributed by atoms with E-state index in [9.17, 15) is 4.79 Å². The number of anilines is 1. The highest BCUT2D eigenvalue weighted by atomic mass is 16.2. The molecule has 5 rings (SSSR count). The van der Waals surface area contributed by atoms with Gasteiger partial charge in [-0.3, -0.25) is 4.79 Å². The zero-order valence-electron chi connectivity index (χ0n) is 16.1. The number of hydrogen-bond acceptors (Lipinski definition) is 2. The molecule has 1 heterocycles. The number of amides is 1. The van der Waals surface area contributed by atoms with Gasteiger partial charge in [-0.25, -0.2) is 0 Å². The van der Waals surface area contributed by atoms with Crippen LogP contribution >= 0.6 is 0 Å². The molecule has 1 amide bonds. The molecule has 1 aliphatic rings. The molecule has 29 heavy (non-hydrogen) atoms. The molecule has 0 aliphatic carbocycles. The van der Waals surface area contributed by atoms with Gasteiger partial charge in [-0.05, 0) is 46.5 Å². The number of carbonyl (C=O) groups excluding carboxylic acids is 1. The number of nitrogens with one attached hydrogen (secondary N) is 1. The Hall–Kier alpha value is -3.59. The third-order valence-electron chi connectivity index (χ3n) is 5.60. The van der Waals surface area contributed by atoms with Crippen LogP contribution in [0.15, 0.2) is 97.1 Å². The van der Waals surface area contributed by atoms with Crippen LogP contribution in [0.1, 0.15) is 27.7 Å². The third-order valence-corrected chi connectivity index (χ3v) is 5.60. The molecular weight excluding hydrogens is 356 g/mol. The van der Waals surface area contributed by atoms with Crippen molar-refractivity contribution in [1.29, 1.82) is 0 Å². The van der Waals surface area contributed by atoms with Crippen molar-refractivity contribution >= 4 is 22.4 Å². The van der Waals surface area contributed by atoms with Crippen molar-refractivity contribution in [2.75, 3.05) is 11.9 Å². The van der Waals surface area contributed by atoms with Gasteiger partial charge in [0, 0.05) is 12.2 Å². The normalized spacial score (nSPS) is 15.8. The fraction of sp³-hybridized carbons (Fsp3) is 0.115. The topological polar surface area (TPSA) is 32.3 Å². The summed E-state index contributed by atoms with van der Waals surface area (Å²) in [6.07, 6.45) is 0.631. The van der Waals surface area contributed by atoms with Crippen LogP contribution in [0.4, 0.5) is 5.69 Å². The minimum atomic E-state index is -0.189. The standard InChI is InChI=1S/C26H22N2O/c29-26-23-12-6-7-13-24(23)27-25(28(26)17-16-19-8-2-1-3-9-19)22-15-14-20-10-4-5-11-21(20)18-22/h1-15,18,25,27H,16-17H2. The highest BCUT2D eigenvalue weighted by Crippen LogP contribution is 2.34. The molecule has 0 aromatic heterocycles. The summed E-state index contributed by atoms with van der Waals surface area (Å²) < 4.78 is 0. The summed E-state index contributed by atoms with van der Waals surface area (Å²) in [6.45, 7) is 0.654. The second kappa shape index (κ2) is 7.44. The summed E-state index contributed by atoms with van der Waals surface area (Å²) >= 11 is 0. The Labute approximate surface area is 170 Å². The summed E-state index contributed by atoms with van der Waals surface area (Å²) in [5.41, 5.74) is 3.96. The van der Waals surface area contributed by atoms with Gasteiger partial charge in [0.05, 0.1) is 5.56 Å². The van der Waals surface area contributed by atoms with Gasteiger partial charge < -0.3 is 10.2 Å². The fourth-order valence-electron chi connectivity index (χ4n) is 4.06. The number of fused-ring (bicyclic) bond motifs is 2. The fourth-order valence-corrected chi connectivity index (χ4v) is 4.06. The lowest BCUT2D eigenvalue weighted by atomic mass is 10.00. The first kappa shape index (κ1) is 17.5. The number of carbonyl (C=O) groups is 1. The van der Waals surface area contributed by atoms with E-state index in [4.69, 9.17) is 0 Å². The molecule has 1 atom stereocenters. The van der Waals surface area contributed by atoms with E-state index >= 15 is 0 Å². The number of benzene rings is 4. The summed E-state index contributed by atoms with van der Waals surface area (Å²) in [4.78, 5) is 15.3. The Balaban J connectivity index is 1.53. The minimum Gasteiger partial charge on any atom is -0.361 e. The Kier molecular flexibility index (Phi) is 4.49. The van der Waals surface area contributed by atoms with Crippen molar-refractivity contribution in [3.8, 4) is 0 Å². The predicted molar refractivity (Wildman–Crippen MR) is 118 cm³/mol. The summed E-state index contributed by atoms with van der Waals surface area (Å²) in [5, 5.41) is 5.98. The van der Waals surface area contributed by atoms with E-state index in [1.54, 1.807) is 0 Å². The highest BCUT2D eigenvalue weighted by Gasteiger charge is 2.32. The zero-order chi connectivity index (χ0) is 19.6. The van der Waals surface area contributed by atoms with Crippen molar-refractivity contribution in [3.05, 3.63) is 114 Å². The molecule has 0 radical (unpaired) electrons. The van der Waals surface area contributed by atoms with E-state index in [0.717, 1.165) is 23.2 Å². The van der Waals surface area contributed by atoms with Crippen molar-refractivity contribution in [1.82, 2.24) is 4.90 Å². The van der Waals surface area contributed by atoms with Crippen LogP contribution in [0.3, 0.4) is 0 Å². The number of hydrogen-bond donors (Lipinski definition) is 1. The van der Waals surface area contributed by atoms with Crippen LogP contribution in [0.5, 0.6) is 0 Å². The lowest BCUT2D eigenvalue weighted by Crippen LogP contribution is -2.44. The SMILES string of the molecule is O=C1c2ccccc2NC(c2ccc3ccccc3c2)N1CCc1ccccc1. The first-order valence-electron chi connectivity index (χ1n) is 9.99. The van der Waals surface area contributed by atoms with Gasteiger partial charge >= 0.3 is 0 Å². The number of rotatable bonds is 4. The summed E-state index contributed by atoms with van der Waals surface area (Å²) in [7, 11) is 0. The van der Waals surface area contributed by atoms with Gasteiger partial charge in [-0.15, -0.1) is 0 Å². The molecule has 0 saturated carbocycles. The lowest BCUT2D eigenvalue weighted by Gasteiger charge is -2.38. The van der Waals surface area contributed by atoms with Crippen molar-refractivity contribution in [3.63, 3.8) is 0 Å². The van der Waals surface area contributed by atoms with Crippen molar-refractivity contribution in [2.45, 2.75) is 12.6 Å². The summed E-state index contributed by atoms with van der Waals surface area (Å²) in [5.74, 6) is 0.0773. The van der Waals surface area contributed by atoms with Crippen molar-refractivity contribution < 1.29 is 4.79 Å². The molecule has 0 saturated heterocycles. The number of para-hydroxylation sites is 1. The molecular formula is C26H22N2O. The number of nitrogens with zero attached hydrogens (tertiary/aromatic N) is 1. The highest BCUT2D eigenvalue weighted by molar-refractivity contribution is 6.01. The van der Waals surface area contributed by atoms with E-state index < -0.39 is 0 Å². The van der Waals surface area contributed by atoms with Crippen LogP contribution in [0.2, 0.25) is 0 Å². The first-order chi connectivity index (χ1) is 14.3. The van der Waals surface area contributed by atoms with Gasteiger partial charge in [0.2, 0.25) is 0 Å². The third kappa shape index (κ3) is 3.36. The first-order valence-corrected chi connectivity index (χ1v) is 9.99. The predicted octanol–water partition coefficient (Wildman–Crippen LogP) is 5.65. The average Bonchev–Trinajstić information content (AvgIpc) is 2.79. The maximum atomic E-state index is 13.4. The Bertz CT molecular complexity index is 1170. The molecule has 1 unspecified atom stereocenters. The van der Waals surface area contributed by atoms with Crippen molar-refractivity contribution in [2.24, 2.45) is 0 Å². The van der Waals surface area contributed by atoms with E-state index in [-0.39, 0.29) is 12.1 Å². The minimum absolute atomic E-state index is 0.0773. The Morgan fingerprint density at radius 3 is 2.34 bits per heavy atom. The van der Waals surface area contributed by atoms with Gasteiger partial charge in [0.15, 0.2) is 0 Å².